The number of non-ortho nitro benzene ring substituents is 1. The average molecular weight is 359 g/mol. The fourth-order valence-corrected chi connectivity index (χ4v) is 2.56. The molecule has 8 heteroatoms. The monoisotopic (exact) mass is 359 g/mol. The van der Waals surface area contributed by atoms with E-state index in [2.05, 4.69) is 15.2 Å². The Bertz CT molecular complexity index is 1170. The van der Waals surface area contributed by atoms with Crippen LogP contribution in [0.15, 0.2) is 71.7 Å². The predicted molar refractivity (Wildman–Crippen MR) is 101 cm³/mol. The van der Waals surface area contributed by atoms with Crippen LogP contribution in [0.25, 0.3) is 16.7 Å². The number of aromatic nitrogens is 3. The van der Waals surface area contributed by atoms with Gasteiger partial charge in [0, 0.05) is 23.9 Å². The molecular weight excluding hydrogens is 346 g/mol. The van der Waals surface area contributed by atoms with Crippen molar-refractivity contribution in [3.8, 4) is 11.4 Å². The molecule has 1 aromatic heterocycles. The zero-order valence-electron chi connectivity index (χ0n) is 13.9. The van der Waals surface area contributed by atoms with Crippen LogP contribution in [-0.4, -0.2) is 31.2 Å². The largest absolute Gasteiger partial charge is 0.507 e. The molecule has 1 N–H and O–H groups in total. The third-order valence-electron chi connectivity index (χ3n) is 3.93. The first kappa shape index (κ1) is 16.4. The number of aromatic hydroxyl groups is 1. The fraction of sp³-hybridized carbons (Fsp3) is 0. The lowest BCUT2D eigenvalue weighted by Gasteiger charge is -1.99. The Labute approximate surface area is 153 Å². The van der Waals surface area contributed by atoms with Crippen LogP contribution in [0.3, 0.4) is 0 Å². The van der Waals surface area contributed by atoms with E-state index in [9.17, 15) is 15.2 Å². The molecule has 0 radical (unpaired) electrons. The van der Waals surface area contributed by atoms with E-state index in [4.69, 9.17) is 0 Å². The van der Waals surface area contributed by atoms with E-state index in [1.54, 1.807) is 23.0 Å². The molecule has 0 aliphatic rings. The molecule has 0 fully saturated rings. The second kappa shape index (κ2) is 6.68. The summed E-state index contributed by atoms with van der Waals surface area (Å²) in [5.74, 6) is -0.0829. The van der Waals surface area contributed by atoms with E-state index < -0.39 is 4.92 Å². The lowest BCUT2D eigenvalue weighted by atomic mass is 10.2. The minimum atomic E-state index is -0.523. The second-order valence-electron chi connectivity index (χ2n) is 5.76. The molecule has 0 saturated carbocycles. The van der Waals surface area contributed by atoms with Crippen molar-refractivity contribution in [2.75, 3.05) is 0 Å². The van der Waals surface area contributed by atoms with E-state index in [0.717, 1.165) is 11.2 Å². The summed E-state index contributed by atoms with van der Waals surface area (Å²) in [6.45, 7) is 0. The molecule has 27 heavy (non-hydrogen) atoms. The zero-order valence-corrected chi connectivity index (χ0v) is 13.9. The molecule has 0 atom stereocenters. The first-order chi connectivity index (χ1) is 13.1. The quantitative estimate of drug-likeness (QED) is 0.339. The van der Waals surface area contributed by atoms with Crippen LogP contribution in [0.5, 0.6) is 5.75 Å². The number of fused-ring (bicyclic) bond motifs is 1. The van der Waals surface area contributed by atoms with E-state index in [1.165, 1.54) is 24.4 Å². The topological polar surface area (TPSA) is 106 Å². The maximum Gasteiger partial charge on any atom is 0.270 e. The summed E-state index contributed by atoms with van der Waals surface area (Å²) in [5.41, 5.74) is 2.97. The molecule has 0 amide bonds. The second-order valence-corrected chi connectivity index (χ2v) is 5.76. The van der Waals surface area contributed by atoms with Crippen LogP contribution >= 0.6 is 0 Å². The Kier molecular flexibility index (Phi) is 4.06. The van der Waals surface area contributed by atoms with E-state index >= 15 is 0 Å². The van der Waals surface area contributed by atoms with Gasteiger partial charge in [0.15, 0.2) is 0 Å². The van der Waals surface area contributed by atoms with Gasteiger partial charge in [-0.1, -0.05) is 18.2 Å². The summed E-state index contributed by atoms with van der Waals surface area (Å²) in [5, 5.41) is 29.6. The standard InChI is InChI=1S/C19H13N5O3/c25-19-9-7-16(24(26)27)10-13(19)12-20-14-6-8-17-18(11-14)22-23(21-17)15-4-2-1-3-5-15/h1-12,25H. The van der Waals surface area contributed by atoms with Gasteiger partial charge in [-0.25, -0.2) is 0 Å². The summed E-state index contributed by atoms with van der Waals surface area (Å²) in [4.78, 5) is 16.2. The van der Waals surface area contributed by atoms with E-state index in [-0.39, 0.29) is 17.0 Å². The van der Waals surface area contributed by atoms with Gasteiger partial charge in [0.1, 0.15) is 16.8 Å². The minimum absolute atomic E-state index is 0.0829. The zero-order chi connectivity index (χ0) is 18.8. The van der Waals surface area contributed by atoms with Gasteiger partial charge in [-0.15, -0.1) is 10.2 Å². The van der Waals surface area contributed by atoms with Gasteiger partial charge in [-0.3, -0.25) is 15.1 Å². The molecule has 0 aliphatic carbocycles. The van der Waals surface area contributed by atoms with Gasteiger partial charge < -0.3 is 5.11 Å². The normalized spacial score (nSPS) is 11.3. The van der Waals surface area contributed by atoms with Crippen LogP contribution in [0.2, 0.25) is 0 Å². The Hall–Kier alpha value is -4.07. The maximum atomic E-state index is 10.9. The van der Waals surface area contributed by atoms with Gasteiger partial charge in [-0.2, -0.15) is 4.80 Å². The summed E-state index contributed by atoms with van der Waals surface area (Å²) < 4.78 is 0. The van der Waals surface area contributed by atoms with Crippen LogP contribution in [0.4, 0.5) is 11.4 Å². The van der Waals surface area contributed by atoms with Crippen molar-refractivity contribution in [1.82, 2.24) is 15.0 Å². The highest BCUT2D eigenvalue weighted by molar-refractivity contribution is 5.87. The molecule has 4 rings (SSSR count). The van der Waals surface area contributed by atoms with E-state index in [0.29, 0.717) is 11.2 Å². The molecule has 8 nitrogen and oxygen atoms in total. The first-order valence-corrected chi connectivity index (χ1v) is 8.04. The lowest BCUT2D eigenvalue weighted by molar-refractivity contribution is -0.384. The number of hydrogen-bond donors (Lipinski definition) is 1. The van der Waals surface area contributed by atoms with Gasteiger partial charge >= 0.3 is 0 Å². The van der Waals surface area contributed by atoms with Crippen molar-refractivity contribution in [2.45, 2.75) is 0 Å². The number of nitro groups is 1. The molecule has 4 aromatic rings. The maximum absolute atomic E-state index is 10.9. The Morgan fingerprint density at radius 2 is 1.78 bits per heavy atom. The van der Waals surface area contributed by atoms with Gasteiger partial charge in [0.2, 0.25) is 0 Å². The van der Waals surface area contributed by atoms with Crippen LogP contribution < -0.4 is 0 Å². The number of hydrogen-bond acceptors (Lipinski definition) is 6. The van der Waals surface area contributed by atoms with Crippen molar-refractivity contribution < 1.29 is 10.0 Å². The highest BCUT2D eigenvalue weighted by Crippen LogP contribution is 2.23. The van der Waals surface area contributed by atoms with Crippen molar-refractivity contribution in [1.29, 1.82) is 0 Å². The van der Waals surface area contributed by atoms with Crippen LogP contribution in [-0.2, 0) is 0 Å². The number of aliphatic imine (C=N–C) groups is 1. The summed E-state index contributed by atoms with van der Waals surface area (Å²) >= 11 is 0. The van der Waals surface area contributed by atoms with Crippen molar-refractivity contribution >= 4 is 28.6 Å². The fourth-order valence-electron chi connectivity index (χ4n) is 2.56. The number of rotatable bonds is 4. The number of phenolic OH excluding ortho intramolecular Hbond substituents is 1. The number of benzene rings is 3. The van der Waals surface area contributed by atoms with Crippen molar-refractivity contribution in [3.05, 3.63) is 82.4 Å². The van der Waals surface area contributed by atoms with Crippen molar-refractivity contribution in [2.24, 2.45) is 4.99 Å². The Morgan fingerprint density at radius 3 is 2.56 bits per heavy atom. The number of phenols is 1. The average Bonchev–Trinajstić information content (AvgIpc) is 3.11. The summed E-state index contributed by atoms with van der Waals surface area (Å²) in [6, 6.07) is 18.6. The molecule has 0 unspecified atom stereocenters. The minimum Gasteiger partial charge on any atom is -0.507 e. The first-order valence-electron chi connectivity index (χ1n) is 8.04. The lowest BCUT2D eigenvalue weighted by Crippen LogP contribution is -1.97. The Morgan fingerprint density at radius 1 is 1.00 bits per heavy atom. The molecule has 0 bridgehead atoms. The van der Waals surface area contributed by atoms with Gasteiger partial charge in [0.25, 0.3) is 5.69 Å². The molecule has 3 aromatic carbocycles. The summed E-state index contributed by atoms with van der Waals surface area (Å²) in [6.07, 6.45) is 1.38. The number of nitrogens with zero attached hydrogens (tertiary/aromatic N) is 5. The third kappa shape index (κ3) is 3.36. The molecular formula is C19H13N5O3. The molecule has 1 heterocycles. The molecule has 0 aliphatic heterocycles. The van der Waals surface area contributed by atoms with Gasteiger partial charge in [0.05, 0.1) is 16.3 Å². The smallest absolute Gasteiger partial charge is 0.270 e. The molecule has 0 spiro atoms. The third-order valence-corrected chi connectivity index (χ3v) is 3.93. The molecule has 132 valence electrons. The van der Waals surface area contributed by atoms with E-state index in [1.807, 2.05) is 30.3 Å². The van der Waals surface area contributed by atoms with Crippen molar-refractivity contribution in [3.63, 3.8) is 0 Å². The highest BCUT2D eigenvalue weighted by atomic mass is 16.6. The van der Waals surface area contributed by atoms with Gasteiger partial charge in [-0.05, 0) is 36.4 Å². The Balaban J connectivity index is 1.66. The number of para-hydroxylation sites is 1. The number of nitro benzene ring substituents is 1. The summed E-state index contributed by atoms with van der Waals surface area (Å²) in [7, 11) is 0. The SMILES string of the molecule is O=[N+]([O-])c1ccc(O)c(C=Nc2ccc3nn(-c4ccccc4)nc3c2)c1. The predicted octanol–water partition coefficient (Wildman–Crippen LogP) is 3.78. The molecule has 0 saturated heterocycles. The van der Waals surface area contributed by atoms with Crippen LogP contribution in [0, 0.1) is 10.1 Å². The highest BCUT2D eigenvalue weighted by Gasteiger charge is 2.09. The van der Waals surface area contributed by atoms with Crippen LogP contribution in [0.1, 0.15) is 5.56 Å².